The lowest BCUT2D eigenvalue weighted by Gasteiger charge is -2.21. The summed E-state index contributed by atoms with van der Waals surface area (Å²) in [6.45, 7) is 4.07. The van der Waals surface area contributed by atoms with E-state index in [4.69, 9.17) is 9.47 Å². The molecule has 1 rings (SSSR count). The van der Waals surface area contributed by atoms with E-state index in [-0.39, 0.29) is 11.8 Å². The van der Waals surface area contributed by atoms with Gasteiger partial charge in [-0.15, -0.1) is 0 Å². The molecule has 2 atom stereocenters. The number of rotatable bonds is 9. The van der Waals surface area contributed by atoms with Crippen molar-refractivity contribution in [2.75, 3.05) is 14.2 Å². The molecule has 0 amide bonds. The minimum Gasteiger partial charge on any atom is -0.497 e. The maximum Gasteiger partial charge on any atom is 0.307 e. The fraction of sp³-hybridized carbons (Fsp3) is 0.588. The molecule has 0 spiro atoms. The molecule has 0 saturated heterocycles. The zero-order valence-electron chi connectivity index (χ0n) is 13.4. The molecular formula is C17H26O4. The molecule has 0 heterocycles. The second-order valence-electron chi connectivity index (χ2n) is 5.38. The van der Waals surface area contributed by atoms with Crippen LogP contribution < -0.4 is 9.47 Å². The topological polar surface area (TPSA) is 55.8 Å². The van der Waals surface area contributed by atoms with E-state index in [9.17, 15) is 9.90 Å². The normalized spacial score (nSPS) is 13.5. The van der Waals surface area contributed by atoms with Crippen molar-refractivity contribution in [3.8, 4) is 11.5 Å². The van der Waals surface area contributed by atoms with Gasteiger partial charge < -0.3 is 14.6 Å². The Hall–Kier alpha value is -1.71. The van der Waals surface area contributed by atoms with Crippen molar-refractivity contribution in [1.29, 1.82) is 0 Å². The predicted octanol–water partition coefficient (Wildman–Crippen LogP) is 4.09. The molecule has 0 aliphatic heterocycles. The van der Waals surface area contributed by atoms with E-state index in [1.54, 1.807) is 20.3 Å². The molecule has 0 radical (unpaired) electrons. The average Bonchev–Trinajstić information content (AvgIpc) is 2.50. The lowest BCUT2D eigenvalue weighted by atomic mass is 9.84. The summed E-state index contributed by atoms with van der Waals surface area (Å²) in [5, 5.41) is 9.49. The van der Waals surface area contributed by atoms with Crippen LogP contribution in [0.4, 0.5) is 0 Å². The summed E-state index contributed by atoms with van der Waals surface area (Å²) in [5.41, 5.74) is 0.940. The van der Waals surface area contributed by atoms with E-state index in [0.29, 0.717) is 17.9 Å². The molecule has 0 aliphatic carbocycles. The molecule has 0 aromatic heterocycles. The molecular weight excluding hydrogens is 268 g/mol. The van der Waals surface area contributed by atoms with Gasteiger partial charge in [0.25, 0.3) is 0 Å². The first-order valence-electron chi connectivity index (χ1n) is 7.49. The predicted molar refractivity (Wildman–Crippen MR) is 83.2 cm³/mol. The molecule has 1 aromatic rings. The number of hydrogen-bond donors (Lipinski definition) is 1. The molecule has 0 aliphatic rings. The Bertz CT molecular complexity index is 434. The zero-order chi connectivity index (χ0) is 15.8. The van der Waals surface area contributed by atoms with Gasteiger partial charge in [-0.3, -0.25) is 4.79 Å². The van der Waals surface area contributed by atoms with Gasteiger partial charge in [0, 0.05) is 6.07 Å². The average molecular weight is 294 g/mol. The number of unbranched alkanes of at least 4 members (excludes halogenated alkanes) is 2. The highest BCUT2D eigenvalue weighted by molar-refractivity contribution is 5.71. The van der Waals surface area contributed by atoms with Crippen molar-refractivity contribution in [3.05, 3.63) is 23.8 Å². The van der Waals surface area contributed by atoms with Gasteiger partial charge in [0.2, 0.25) is 0 Å². The number of aliphatic carboxylic acids is 1. The molecule has 118 valence electrons. The maximum absolute atomic E-state index is 11.6. The molecule has 1 aromatic carbocycles. The van der Waals surface area contributed by atoms with Gasteiger partial charge >= 0.3 is 5.97 Å². The summed E-state index contributed by atoms with van der Waals surface area (Å²) in [5.74, 6) is 0.180. The van der Waals surface area contributed by atoms with Crippen LogP contribution >= 0.6 is 0 Å². The molecule has 0 saturated carbocycles. The molecule has 21 heavy (non-hydrogen) atoms. The standard InChI is InChI=1S/C17H26O4/c1-5-6-7-8-16(17(18)19)12(2)13-9-14(20-3)11-15(10-13)21-4/h9-12,16H,5-8H2,1-4H3,(H,18,19). The summed E-state index contributed by atoms with van der Waals surface area (Å²) in [6, 6.07) is 5.58. The van der Waals surface area contributed by atoms with Gasteiger partial charge in [0.05, 0.1) is 20.1 Å². The second-order valence-corrected chi connectivity index (χ2v) is 5.38. The Balaban J connectivity index is 2.96. The molecule has 1 N–H and O–H groups in total. The summed E-state index contributed by atoms with van der Waals surface area (Å²) in [7, 11) is 3.19. The summed E-state index contributed by atoms with van der Waals surface area (Å²) in [4.78, 5) is 11.6. The van der Waals surface area contributed by atoms with Crippen molar-refractivity contribution in [2.45, 2.75) is 45.4 Å². The quantitative estimate of drug-likeness (QED) is 0.697. The molecule has 0 bridgehead atoms. The van der Waals surface area contributed by atoms with Crippen LogP contribution in [-0.2, 0) is 4.79 Å². The third-order valence-corrected chi connectivity index (χ3v) is 3.94. The van der Waals surface area contributed by atoms with E-state index in [1.807, 2.05) is 19.1 Å². The third-order valence-electron chi connectivity index (χ3n) is 3.94. The van der Waals surface area contributed by atoms with E-state index in [0.717, 1.165) is 24.8 Å². The van der Waals surface area contributed by atoms with Crippen molar-refractivity contribution in [1.82, 2.24) is 0 Å². The smallest absolute Gasteiger partial charge is 0.307 e. The van der Waals surface area contributed by atoms with E-state index < -0.39 is 5.97 Å². The second kappa shape index (κ2) is 8.55. The summed E-state index contributed by atoms with van der Waals surface area (Å²) >= 11 is 0. The number of carbonyl (C=O) groups is 1. The van der Waals surface area contributed by atoms with Crippen molar-refractivity contribution >= 4 is 5.97 Å². The van der Waals surface area contributed by atoms with Gasteiger partial charge in [-0.25, -0.2) is 0 Å². The number of ether oxygens (including phenoxy) is 2. The highest BCUT2D eigenvalue weighted by Gasteiger charge is 2.26. The first kappa shape index (κ1) is 17.3. The van der Waals surface area contributed by atoms with Gasteiger partial charge in [-0.1, -0.05) is 33.1 Å². The summed E-state index contributed by atoms with van der Waals surface area (Å²) in [6.07, 6.45) is 3.80. The van der Waals surface area contributed by atoms with Gasteiger partial charge in [-0.05, 0) is 30.0 Å². The highest BCUT2D eigenvalue weighted by atomic mass is 16.5. The van der Waals surface area contributed by atoms with E-state index in [2.05, 4.69) is 6.92 Å². The monoisotopic (exact) mass is 294 g/mol. The fourth-order valence-electron chi connectivity index (χ4n) is 2.53. The summed E-state index contributed by atoms with van der Waals surface area (Å²) < 4.78 is 10.5. The van der Waals surface area contributed by atoms with Crippen LogP contribution in [0, 0.1) is 5.92 Å². The minimum atomic E-state index is -0.736. The van der Waals surface area contributed by atoms with Gasteiger partial charge in [0.1, 0.15) is 11.5 Å². The molecule has 4 heteroatoms. The van der Waals surface area contributed by atoms with Crippen LogP contribution in [0.15, 0.2) is 18.2 Å². The lowest BCUT2D eigenvalue weighted by Crippen LogP contribution is -2.20. The first-order chi connectivity index (χ1) is 10.0. The molecule has 4 nitrogen and oxygen atoms in total. The van der Waals surface area contributed by atoms with Crippen LogP contribution in [0.2, 0.25) is 0 Å². The number of carboxylic acid groups (broad SMARTS) is 1. The van der Waals surface area contributed by atoms with Crippen LogP contribution in [0.3, 0.4) is 0 Å². The van der Waals surface area contributed by atoms with Gasteiger partial charge in [0.15, 0.2) is 0 Å². The van der Waals surface area contributed by atoms with E-state index >= 15 is 0 Å². The Morgan fingerprint density at radius 2 is 1.71 bits per heavy atom. The Morgan fingerprint density at radius 1 is 1.14 bits per heavy atom. The van der Waals surface area contributed by atoms with Crippen LogP contribution in [0.25, 0.3) is 0 Å². The molecule has 0 fully saturated rings. The largest absolute Gasteiger partial charge is 0.497 e. The molecule has 2 unspecified atom stereocenters. The zero-order valence-corrected chi connectivity index (χ0v) is 13.4. The highest BCUT2D eigenvalue weighted by Crippen LogP contribution is 2.33. The number of hydrogen-bond acceptors (Lipinski definition) is 3. The number of methoxy groups -OCH3 is 2. The van der Waals surface area contributed by atoms with Crippen molar-refractivity contribution in [3.63, 3.8) is 0 Å². The lowest BCUT2D eigenvalue weighted by molar-refractivity contribution is -0.142. The Morgan fingerprint density at radius 3 is 2.14 bits per heavy atom. The van der Waals surface area contributed by atoms with Gasteiger partial charge in [-0.2, -0.15) is 0 Å². The SMILES string of the molecule is CCCCCC(C(=O)O)C(C)c1cc(OC)cc(OC)c1. The Kier molecular flexibility index (Phi) is 7.06. The first-order valence-corrected chi connectivity index (χ1v) is 7.49. The van der Waals surface area contributed by atoms with Crippen LogP contribution in [0.5, 0.6) is 11.5 Å². The number of benzene rings is 1. The third kappa shape index (κ3) is 4.96. The van der Waals surface area contributed by atoms with Crippen molar-refractivity contribution in [2.24, 2.45) is 5.92 Å². The fourth-order valence-corrected chi connectivity index (χ4v) is 2.53. The van der Waals surface area contributed by atoms with Crippen LogP contribution in [0.1, 0.15) is 51.0 Å². The minimum absolute atomic E-state index is 0.0802. The van der Waals surface area contributed by atoms with Crippen molar-refractivity contribution < 1.29 is 19.4 Å². The number of carboxylic acids is 1. The maximum atomic E-state index is 11.6. The van der Waals surface area contributed by atoms with E-state index in [1.165, 1.54) is 0 Å². The Labute approximate surface area is 127 Å². The van der Waals surface area contributed by atoms with Crippen LogP contribution in [-0.4, -0.2) is 25.3 Å².